The fourth-order valence-electron chi connectivity index (χ4n) is 1.09. The first-order valence-corrected chi connectivity index (χ1v) is 5.34. The van der Waals surface area contributed by atoms with Gasteiger partial charge in [0.15, 0.2) is 0 Å². The van der Waals surface area contributed by atoms with Crippen molar-refractivity contribution in [2.45, 2.75) is 0 Å². The van der Waals surface area contributed by atoms with E-state index in [-0.39, 0.29) is 0 Å². The molecule has 86 valence electrons. The van der Waals surface area contributed by atoms with Crippen LogP contribution in [-0.2, 0) is 4.57 Å². The molecular formula is C6H5N2O7P. The molecule has 0 saturated heterocycles. The summed E-state index contributed by atoms with van der Waals surface area (Å²) in [6.45, 7) is 0. The average Bonchev–Trinajstić information content (AvgIpc) is 2.14. The van der Waals surface area contributed by atoms with E-state index in [9.17, 15) is 24.8 Å². The minimum atomic E-state index is -4.92. The fraction of sp³-hybridized carbons (Fsp3) is 0. The Hall–Kier alpha value is -1.83. The van der Waals surface area contributed by atoms with Gasteiger partial charge in [0, 0.05) is 6.07 Å². The summed E-state index contributed by atoms with van der Waals surface area (Å²) in [6, 6.07) is 2.56. The van der Waals surface area contributed by atoms with Crippen LogP contribution in [0.25, 0.3) is 0 Å². The molecule has 0 unspecified atom stereocenters. The molecule has 0 fully saturated rings. The quantitative estimate of drug-likeness (QED) is 0.444. The van der Waals surface area contributed by atoms with E-state index in [4.69, 9.17) is 9.79 Å². The highest BCUT2D eigenvalue weighted by Crippen LogP contribution is 2.40. The summed E-state index contributed by atoms with van der Waals surface area (Å²) in [5, 5.41) is 20.0. The first-order valence-electron chi connectivity index (χ1n) is 3.73. The van der Waals surface area contributed by atoms with Crippen molar-refractivity contribution in [1.29, 1.82) is 0 Å². The van der Waals surface area contributed by atoms with Crippen molar-refractivity contribution in [2.75, 3.05) is 0 Å². The van der Waals surface area contributed by atoms with Crippen LogP contribution in [0.3, 0.4) is 0 Å². The third-order valence-corrected chi connectivity index (χ3v) is 2.68. The SMILES string of the molecule is O=[N+]([O-])c1cccc(P(=O)(O)O)c1[N+](=O)[O-]. The number of nitrogens with zero attached hydrogens (tertiary/aromatic N) is 2. The predicted octanol–water partition coefficient (Wildman–Crippen LogP) is 0.306. The van der Waals surface area contributed by atoms with Crippen molar-refractivity contribution in [1.82, 2.24) is 0 Å². The lowest BCUT2D eigenvalue weighted by Crippen LogP contribution is -2.12. The summed E-state index contributed by atoms with van der Waals surface area (Å²) in [4.78, 5) is 36.4. The largest absolute Gasteiger partial charge is 0.363 e. The standard InChI is InChI=1S/C6H5N2O7P/c9-7(10)4-2-1-3-5(16(13,14)15)6(4)8(11)12/h1-3H,(H2,13,14,15). The maximum atomic E-state index is 10.9. The van der Waals surface area contributed by atoms with Crippen molar-refractivity contribution in [3.63, 3.8) is 0 Å². The highest BCUT2D eigenvalue weighted by atomic mass is 31.2. The molecular weight excluding hydrogens is 243 g/mol. The Labute approximate surface area is 87.8 Å². The van der Waals surface area contributed by atoms with Crippen LogP contribution in [0.15, 0.2) is 18.2 Å². The summed E-state index contributed by atoms with van der Waals surface area (Å²) in [7, 11) is -4.92. The minimum Gasteiger partial charge on any atom is -0.321 e. The Morgan fingerprint density at radius 3 is 2.06 bits per heavy atom. The molecule has 1 aromatic rings. The van der Waals surface area contributed by atoms with Gasteiger partial charge >= 0.3 is 19.0 Å². The van der Waals surface area contributed by atoms with Gasteiger partial charge in [0.1, 0.15) is 5.30 Å². The molecule has 10 heteroatoms. The van der Waals surface area contributed by atoms with Crippen LogP contribution in [0.5, 0.6) is 0 Å². The number of benzene rings is 1. The van der Waals surface area contributed by atoms with Gasteiger partial charge in [-0.05, 0) is 6.07 Å². The molecule has 0 amide bonds. The van der Waals surface area contributed by atoms with Gasteiger partial charge in [-0.15, -0.1) is 0 Å². The van der Waals surface area contributed by atoms with Crippen molar-refractivity contribution < 1.29 is 24.2 Å². The summed E-state index contributed by atoms with van der Waals surface area (Å²) < 4.78 is 10.9. The topological polar surface area (TPSA) is 144 Å². The Kier molecular flexibility index (Phi) is 3.04. The van der Waals surface area contributed by atoms with Gasteiger partial charge in [0.25, 0.3) is 0 Å². The van der Waals surface area contributed by atoms with Gasteiger partial charge in [-0.1, -0.05) is 6.07 Å². The number of hydrogen-bond acceptors (Lipinski definition) is 5. The molecule has 0 bridgehead atoms. The highest BCUT2D eigenvalue weighted by Gasteiger charge is 2.36. The lowest BCUT2D eigenvalue weighted by atomic mass is 10.3. The first-order chi connectivity index (χ1) is 7.25. The molecule has 0 aromatic heterocycles. The zero-order valence-corrected chi connectivity index (χ0v) is 8.40. The molecule has 0 spiro atoms. The van der Waals surface area contributed by atoms with Crippen molar-refractivity contribution >= 4 is 24.3 Å². The molecule has 0 radical (unpaired) electrons. The van der Waals surface area contributed by atoms with Crippen molar-refractivity contribution in [2.24, 2.45) is 0 Å². The van der Waals surface area contributed by atoms with E-state index in [2.05, 4.69) is 0 Å². The second kappa shape index (κ2) is 3.97. The Bertz CT molecular complexity index is 508. The minimum absolute atomic E-state index is 0.784. The molecule has 0 aliphatic rings. The Morgan fingerprint density at radius 2 is 1.69 bits per heavy atom. The second-order valence-corrected chi connectivity index (χ2v) is 4.27. The van der Waals surface area contributed by atoms with E-state index < -0.39 is 34.1 Å². The summed E-state index contributed by atoms with van der Waals surface area (Å²) in [5.41, 5.74) is -2.13. The average molecular weight is 248 g/mol. The van der Waals surface area contributed by atoms with Crippen LogP contribution in [0.1, 0.15) is 0 Å². The molecule has 1 rings (SSSR count). The number of rotatable bonds is 3. The van der Waals surface area contributed by atoms with Gasteiger partial charge in [0.2, 0.25) is 0 Å². The van der Waals surface area contributed by atoms with Gasteiger partial charge in [-0.3, -0.25) is 24.8 Å². The van der Waals surface area contributed by atoms with E-state index in [1.807, 2.05) is 0 Å². The smallest absolute Gasteiger partial charge is 0.321 e. The van der Waals surface area contributed by atoms with Crippen LogP contribution in [0.4, 0.5) is 11.4 Å². The van der Waals surface area contributed by atoms with Crippen LogP contribution >= 0.6 is 7.60 Å². The van der Waals surface area contributed by atoms with Crippen molar-refractivity contribution in [3.8, 4) is 0 Å². The molecule has 9 nitrogen and oxygen atoms in total. The monoisotopic (exact) mass is 248 g/mol. The summed E-state index contributed by atoms with van der Waals surface area (Å²) >= 11 is 0. The van der Waals surface area contributed by atoms with Crippen LogP contribution in [0, 0.1) is 20.2 Å². The van der Waals surface area contributed by atoms with Crippen LogP contribution < -0.4 is 5.30 Å². The number of nitro groups is 2. The van der Waals surface area contributed by atoms with E-state index in [0.29, 0.717) is 0 Å². The fourth-order valence-corrected chi connectivity index (χ4v) is 1.84. The maximum absolute atomic E-state index is 10.9. The van der Waals surface area contributed by atoms with Gasteiger partial charge < -0.3 is 9.79 Å². The zero-order chi connectivity index (χ0) is 12.5. The van der Waals surface area contributed by atoms with Crippen LogP contribution in [0.2, 0.25) is 0 Å². The molecule has 2 N–H and O–H groups in total. The normalized spacial score (nSPS) is 11.1. The van der Waals surface area contributed by atoms with Gasteiger partial charge in [-0.2, -0.15) is 0 Å². The first kappa shape index (κ1) is 12.2. The molecule has 0 aliphatic carbocycles. The third kappa shape index (κ3) is 2.22. The zero-order valence-electron chi connectivity index (χ0n) is 7.51. The van der Waals surface area contributed by atoms with Crippen molar-refractivity contribution in [3.05, 3.63) is 38.4 Å². The van der Waals surface area contributed by atoms with Crippen LogP contribution in [-0.4, -0.2) is 19.6 Å². The molecule has 0 atom stereocenters. The molecule has 16 heavy (non-hydrogen) atoms. The summed E-state index contributed by atoms with van der Waals surface area (Å²) in [5.74, 6) is 0. The summed E-state index contributed by atoms with van der Waals surface area (Å²) in [6.07, 6.45) is 0. The Balaban J connectivity index is 3.65. The maximum Gasteiger partial charge on any atom is 0.363 e. The lowest BCUT2D eigenvalue weighted by molar-refractivity contribution is -0.421. The molecule has 0 saturated carbocycles. The molecule has 0 aliphatic heterocycles. The number of nitro benzene ring substituents is 2. The molecule has 0 heterocycles. The van der Waals surface area contributed by atoms with E-state index in [0.717, 1.165) is 18.2 Å². The highest BCUT2D eigenvalue weighted by molar-refractivity contribution is 7.60. The predicted molar refractivity (Wildman–Crippen MR) is 51.4 cm³/mol. The number of para-hydroxylation sites is 1. The lowest BCUT2D eigenvalue weighted by Gasteiger charge is -2.04. The second-order valence-electron chi connectivity index (χ2n) is 2.70. The third-order valence-electron chi connectivity index (χ3n) is 1.69. The van der Waals surface area contributed by atoms with Gasteiger partial charge in [-0.25, -0.2) is 0 Å². The van der Waals surface area contributed by atoms with Gasteiger partial charge in [0.05, 0.1) is 9.85 Å². The number of hydrogen-bond donors (Lipinski definition) is 2. The van der Waals surface area contributed by atoms with E-state index in [1.165, 1.54) is 0 Å². The molecule has 1 aromatic carbocycles. The Morgan fingerprint density at radius 1 is 1.12 bits per heavy atom. The van der Waals surface area contributed by atoms with E-state index >= 15 is 0 Å². The van der Waals surface area contributed by atoms with E-state index in [1.54, 1.807) is 0 Å².